The lowest BCUT2D eigenvalue weighted by Gasteiger charge is -2.31. The van der Waals surface area contributed by atoms with Gasteiger partial charge in [-0.05, 0) is 35.4 Å². The highest BCUT2D eigenvalue weighted by Crippen LogP contribution is 2.31. The average molecular weight is 240 g/mol. The Kier molecular flexibility index (Phi) is 4.52. The van der Waals surface area contributed by atoms with Gasteiger partial charge in [0.15, 0.2) is 11.6 Å². The number of aliphatic hydroxyl groups is 1. The number of methoxy groups -OCH3 is 1. The van der Waals surface area contributed by atoms with E-state index >= 15 is 0 Å². The minimum Gasteiger partial charge on any atom is -0.494 e. The molecule has 3 heteroatoms. The van der Waals surface area contributed by atoms with E-state index in [2.05, 4.69) is 13.8 Å². The average Bonchev–Trinajstić information content (AvgIpc) is 2.29. The fourth-order valence-corrected chi connectivity index (χ4v) is 1.73. The Morgan fingerprint density at radius 3 is 2.47 bits per heavy atom. The maximum absolute atomic E-state index is 13.5. The Labute approximate surface area is 102 Å². The van der Waals surface area contributed by atoms with Crippen molar-refractivity contribution in [3.05, 3.63) is 29.6 Å². The second-order valence-corrected chi connectivity index (χ2v) is 5.11. The molecule has 1 aromatic carbocycles. The van der Waals surface area contributed by atoms with E-state index in [1.165, 1.54) is 13.2 Å². The van der Waals surface area contributed by atoms with Gasteiger partial charge in [-0.15, -0.1) is 0 Å². The van der Waals surface area contributed by atoms with E-state index in [9.17, 15) is 9.50 Å². The van der Waals surface area contributed by atoms with Crippen LogP contribution in [0.3, 0.4) is 0 Å². The van der Waals surface area contributed by atoms with Gasteiger partial charge in [0.2, 0.25) is 0 Å². The molecule has 0 saturated carbocycles. The summed E-state index contributed by atoms with van der Waals surface area (Å²) >= 11 is 0. The van der Waals surface area contributed by atoms with Crippen LogP contribution in [0, 0.1) is 17.2 Å². The topological polar surface area (TPSA) is 29.5 Å². The van der Waals surface area contributed by atoms with Crippen LogP contribution in [0.15, 0.2) is 18.2 Å². The molecule has 1 atom stereocenters. The molecule has 2 nitrogen and oxygen atoms in total. The fourth-order valence-electron chi connectivity index (χ4n) is 1.73. The number of aliphatic hydroxyl groups excluding tert-OH is 1. The van der Waals surface area contributed by atoms with Crippen LogP contribution < -0.4 is 4.74 Å². The predicted octanol–water partition coefficient (Wildman–Crippen LogP) is 3.03. The van der Waals surface area contributed by atoms with Gasteiger partial charge in [0.05, 0.1) is 7.11 Å². The number of benzene rings is 1. The molecule has 0 saturated heterocycles. The highest BCUT2D eigenvalue weighted by Gasteiger charge is 2.28. The van der Waals surface area contributed by atoms with Crippen LogP contribution in [0.4, 0.5) is 4.39 Å². The molecule has 17 heavy (non-hydrogen) atoms. The Balaban J connectivity index is 2.91. The van der Waals surface area contributed by atoms with Crippen molar-refractivity contribution in [1.29, 1.82) is 0 Å². The van der Waals surface area contributed by atoms with Crippen molar-refractivity contribution in [2.24, 2.45) is 11.3 Å². The van der Waals surface area contributed by atoms with E-state index in [0.717, 1.165) is 5.56 Å². The van der Waals surface area contributed by atoms with E-state index in [4.69, 9.17) is 4.74 Å². The summed E-state index contributed by atoms with van der Waals surface area (Å²) in [6.45, 7) is 6.24. The fraction of sp³-hybridized carbons (Fsp3) is 0.571. The second kappa shape index (κ2) is 5.50. The van der Waals surface area contributed by atoms with Crippen molar-refractivity contribution in [3.8, 4) is 5.75 Å². The molecule has 0 fully saturated rings. The quantitative estimate of drug-likeness (QED) is 0.857. The zero-order chi connectivity index (χ0) is 13.1. The number of ether oxygens (including phenoxy) is 1. The highest BCUT2D eigenvalue weighted by molar-refractivity contribution is 5.29. The van der Waals surface area contributed by atoms with Gasteiger partial charge in [-0.2, -0.15) is 0 Å². The molecule has 0 amide bonds. The second-order valence-electron chi connectivity index (χ2n) is 5.11. The molecule has 96 valence electrons. The molecule has 1 unspecified atom stereocenters. The molecule has 0 aliphatic heterocycles. The normalized spacial score (nSPS) is 14.8. The lowest BCUT2D eigenvalue weighted by Crippen LogP contribution is -2.30. The third-order valence-electron chi connectivity index (χ3n) is 3.58. The van der Waals surface area contributed by atoms with Crippen molar-refractivity contribution in [2.45, 2.75) is 27.2 Å². The van der Waals surface area contributed by atoms with Gasteiger partial charge in [-0.1, -0.05) is 26.8 Å². The summed E-state index contributed by atoms with van der Waals surface area (Å²) in [6.07, 6.45) is 0.655. The summed E-state index contributed by atoms with van der Waals surface area (Å²) in [5, 5.41) is 9.47. The standard InChI is InChI=1S/C14H21FO2/c1-10(2)14(3,9-16)8-11-5-6-13(17-4)12(15)7-11/h5-7,10,16H,8-9H2,1-4H3. The van der Waals surface area contributed by atoms with Gasteiger partial charge < -0.3 is 9.84 Å². The molecule has 0 aliphatic rings. The summed E-state index contributed by atoms with van der Waals surface area (Å²) < 4.78 is 18.4. The lowest BCUT2D eigenvalue weighted by atomic mass is 9.75. The van der Waals surface area contributed by atoms with Crippen LogP contribution in [0.2, 0.25) is 0 Å². The van der Waals surface area contributed by atoms with Gasteiger partial charge >= 0.3 is 0 Å². The molecule has 0 spiro atoms. The number of rotatable bonds is 5. The van der Waals surface area contributed by atoms with E-state index in [1.807, 2.05) is 13.0 Å². The molecular weight excluding hydrogens is 219 g/mol. The van der Waals surface area contributed by atoms with E-state index in [1.54, 1.807) is 6.07 Å². The zero-order valence-electron chi connectivity index (χ0n) is 11.0. The predicted molar refractivity (Wildman–Crippen MR) is 66.7 cm³/mol. The third-order valence-corrected chi connectivity index (χ3v) is 3.58. The Hall–Kier alpha value is -1.09. The van der Waals surface area contributed by atoms with E-state index < -0.39 is 0 Å². The zero-order valence-corrected chi connectivity index (χ0v) is 11.0. The molecule has 0 aromatic heterocycles. The summed E-state index contributed by atoms with van der Waals surface area (Å²) in [5.74, 6) is 0.232. The number of halogens is 1. The summed E-state index contributed by atoms with van der Waals surface area (Å²) in [4.78, 5) is 0. The third kappa shape index (κ3) is 3.19. The monoisotopic (exact) mass is 240 g/mol. The lowest BCUT2D eigenvalue weighted by molar-refractivity contribution is 0.0946. The molecular formula is C14H21FO2. The maximum Gasteiger partial charge on any atom is 0.165 e. The molecule has 0 heterocycles. The first-order valence-corrected chi connectivity index (χ1v) is 5.86. The highest BCUT2D eigenvalue weighted by atomic mass is 19.1. The van der Waals surface area contributed by atoms with E-state index in [0.29, 0.717) is 12.3 Å². The molecule has 0 radical (unpaired) electrons. The molecule has 0 aliphatic carbocycles. The minimum atomic E-state index is -0.353. The maximum atomic E-state index is 13.5. The van der Waals surface area contributed by atoms with Crippen molar-refractivity contribution >= 4 is 0 Å². The van der Waals surface area contributed by atoms with Crippen LogP contribution in [-0.4, -0.2) is 18.8 Å². The molecule has 0 bridgehead atoms. The van der Waals surface area contributed by atoms with Crippen LogP contribution in [0.5, 0.6) is 5.75 Å². The summed E-state index contributed by atoms with van der Waals surface area (Å²) in [5.41, 5.74) is 0.662. The van der Waals surface area contributed by atoms with Crippen LogP contribution in [-0.2, 0) is 6.42 Å². The van der Waals surface area contributed by atoms with Crippen LogP contribution >= 0.6 is 0 Å². The molecule has 1 rings (SSSR count). The summed E-state index contributed by atoms with van der Waals surface area (Å²) in [7, 11) is 1.45. The largest absolute Gasteiger partial charge is 0.494 e. The molecule has 1 aromatic rings. The molecule has 1 N–H and O–H groups in total. The first-order chi connectivity index (χ1) is 7.92. The van der Waals surface area contributed by atoms with Gasteiger partial charge in [0, 0.05) is 6.61 Å². The van der Waals surface area contributed by atoms with Crippen LogP contribution in [0.25, 0.3) is 0 Å². The van der Waals surface area contributed by atoms with Crippen molar-refractivity contribution in [1.82, 2.24) is 0 Å². The first-order valence-electron chi connectivity index (χ1n) is 5.86. The van der Waals surface area contributed by atoms with Crippen molar-refractivity contribution in [3.63, 3.8) is 0 Å². The number of hydrogen-bond donors (Lipinski definition) is 1. The van der Waals surface area contributed by atoms with E-state index in [-0.39, 0.29) is 23.6 Å². The minimum absolute atomic E-state index is 0.0956. The SMILES string of the molecule is COc1ccc(CC(C)(CO)C(C)C)cc1F. The van der Waals surface area contributed by atoms with Crippen molar-refractivity contribution in [2.75, 3.05) is 13.7 Å². The Bertz CT molecular complexity index is 376. The van der Waals surface area contributed by atoms with Gasteiger partial charge in [-0.3, -0.25) is 0 Å². The first kappa shape index (κ1) is 14.0. The Morgan fingerprint density at radius 2 is 2.06 bits per heavy atom. The van der Waals surface area contributed by atoms with Crippen LogP contribution in [0.1, 0.15) is 26.3 Å². The van der Waals surface area contributed by atoms with Gasteiger partial charge in [0.1, 0.15) is 0 Å². The summed E-state index contributed by atoms with van der Waals surface area (Å²) in [6, 6.07) is 4.95. The number of hydrogen-bond acceptors (Lipinski definition) is 2. The van der Waals surface area contributed by atoms with Gasteiger partial charge in [0.25, 0.3) is 0 Å². The van der Waals surface area contributed by atoms with Crippen molar-refractivity contribution < 1.29 is 14.2 Å². The smallest absolute Gasteiger partial charge is 0.165 e. The Morgan fingerprint density at radius 1 is 1.41 bits per heavy atom. The van der Waals surface area contributed by atoms with Gasteiger partial charge in [-0.25, -0.2) is 4.39 Å².